The quantitative estimate of drug-likeness (QED) is 0.521. The number of aliphatic carboxylic acids is 1. The number of benzene rings is 2. The Balaban J connectivity index is 2.31. The van der Waals surface area contributed by atoms with Crippen molar-refractivity contribution in [1.82, 2.24) is 4.57 Å². The zero-order chi connectivity index (χ0) is 22.2. The summed E-state index contributed by atoms with van der Waals surface area (Å²) in [5.74, 6) is -3.98. The molecule has 0 aliphatic carbocycles. The molecule has 2 aromatic carbocycles. The van der Waals surface area contributed by atoms with Crippen LogP contribution in [-0.4, -0.2) is 26.7 Å². The van der Waals surface area contributed by atoms with Gasteiger partial charge < -0.3 is 10.2 Å². The fourth-order valence-electron chi connectivity index (χ4n) is 3.80. The molecule has 3 aromatic rings. The van der Waals surface area contributed by atoms with Crippen LogP contribution in [0.4, 0.5) is 4.39 Å². The SMILES string of the molecule is CCC(C)CC(C(=O)O)c1c(C)n(C(=O)c2ccc(Cl)cc2)c2ccc(O)c(F)c12. The zero-order valence-corrected chi connectivity index (χ0v) is 17.7. The minimum absolute atomic E-state index is 0.0366. The van der Waals surface area contributed by atoms with Gasteiger partial charge >= 0.3 is 5.97 Å². The predicted molar refractivity (Wildman–Crippen MR) is 114 cm³/mol. The lowest BCUT2D eigenvalue weighted by atomic mass is 9.87. The Kier molecular flexibility index (Phi) is 6.17. The van der Waals surface area contributed by atoms with Gasteiger partial charge in [0.1, 0.15) is 0 Å². The number of hydrogen-bond acceptors (Lipinski definition) is 3. The molecule has 2 N–H and O–H groups in total. The van der Waals surface area contributed by atoms with Crippen molar-refractivity contribution >= 4 is 34.4 Å². The highest BCUT2D eigenvalue weighted by Crippen LogP contribution is 2.39. The first-order valence-electron chi connectivity index (χ1n) is 9.72. The zero-order valence-electron chi connectivity index (χ0n) is 16.9. The van der Waals surface area contributed by atoms with Crippen molar-refractivity contribution in [3.8, 4) is 5.75 Å². The van der Waals surface area contributed by atoms with Crippen molar-refractivity contribution in [3.05, 3.63) is 64.1 Å². The van der Waals surface area contributed by atoms with Gasteiger partial charge in [0.05, 0.1) is 11.4 Å². The number of halogens is 2. The van der Waals surface area contributed by atoms with E-state index in [1.165, 1.54) is 10.6 Å². The molecule has 1 heterocycles. The normalized spacial score (nSPS) is 13.4. The van der Waals surface area contributed by atoms with Gasteiger partial charge in [-0.05, 0) is 61.2 Å². The summed E-state index contributed by atoms with van der Waals surface area (Å²) in [5.41, 5.74) is 1.10. The van der Waals surface area contributed by atoms with E-state index in [1.807, 2.05) is 13.8 Å². The number of fused-ring (bicyclic) bond motifs is 1. The van der Waals surface area contributed by atoms with E-state index < -0.39 is 29.4 Å². The fraction of sp³-hybridized carbons (Fsp3) is 0.304. The summed E-state index contributed by atoms with van der Waals surface area (Å²) in [4.78, 5) is 25.4. The predicted octanol–water partition coefficient (Wildman–Crippen LogP) is 5.74. The van der Waals surface area contributed by atoms with Crippen molar-refractivity contribution in [3.63, 3.8) is 0 Å². The number of hydrogen-bond donors (Lipinski definition) is 2. The molecule has 0 fully saturated rings. The van der Waals surface area contributed by atoms with Crippen LogP contribution in [-0.2, 0) is 4.79 Å². The van der Waals surface area contributed by atoms with Crippen LogP contribution in [0.3, 0.4) is 0 Å². The number of nitrogens with zero attached hydrogens (tertiary/aromatic N) is 1. The van der Waals surface area contributed by atoms with E-state index in [1.54, 1.807) is 31.2 Å². The Bertz CT molecular complexity index is 1120. The van der Waals surface area contributed by atoms with Crippen LogP contribution >= 0.6 is 11.6 Å². The first kappa shape index (κ1) is 21.8. The Morgan fingerprint density at radius 2 is 1.80 bits per heavy atom. The van der Waals surface area contributed by atoms with Crippen LogP contribution in [0.5, 0.6) is 5.75 Å². The summed E-state index contributed by atoms with van der Waals surface area (Å²) < 4.78 is 16.3. The van der Waals surface area contributed by atoms with Crippen molar-refractivity contribution in [2.75, 3.05) is 0 Å². The lowest BCUT2D eigenvalue weighted by molar-refractivity contribution is -0.139. The average Bonchev–Trinajstić information content (AvgIpc) is 3.00. The van der Waals surface area contributed by atoms with Gasteiger partial charge in [0, 0.05) is 21.7 Å². The molecule has 7 heteroatoms. The van der Waals surface area contributed by atoms with Crippen LogP contribution in [0.1, 0.15) is 54.2 Å². The van der Waals surface area contributed by atoms with E-state index in [0.717, 1.165) is 12.5 Å². The second-order valence-corrected chi connectivity index (χ2v) is 8.02. The van der Waals surface area contributed by atoms with E-state index in [4.69, 9.17) is 11.6 Å². The number of rotatable bonds is 6. The van der Waals surface area contributed by atoms with Gasteiger partial charge in [-0.1, -0.05) is 31.9 Å². The molecule has 158 valence electrons. The summed E-state index contributed by atoms with van der Waals surface area (Å²) >= 11 is 5.91. The van der Waals surface area contributed by atoms with Gasteiger partial charge in [0.25, 0.3) is 5.91 Å². The van der Waals surface area contributed by atoms with Crippen LogP contribution in [0.25, 0.3) is 10.9 Å². The molecule has 3 rings (SSSR count). The highest BCUT2D eigenvalue weighted by molar-refractivity contribution is 6.30. The Hall–Kier alpha value is -2.86. The molecule has 2 atom stereocenters. The molecule has 2 unspecified atom stereocenters. The van der Waals surface area contributed by atoms with Crippen LogP contribution in [0, 0.1) is 18.7 Å². The standard InChI is InChI=1S/C23H23ClFNO4/c1-4-12(2)11-16(23(29)30)19-13(3)26(17-9-10-18(27)21(25)20(17)19)22(28)14-5-7-15(24)8-6-14/h5-10,12,16,27H,4,11H2,1-3H3,(H,29,30). The summed E-state index contributed by atoms with van der Waals surface area (Å²) in [6, 6.07) is 8.86. The molecule has 1 aromatic heterocycles. The first-order valence-corrected chi connectivity index (χ1v) is 10.1. The van der Waals surface area contributed by atoms with Gasteiger partial charge in [-0.3, -0.25) is 14.2 Å². The molecule has 0 spiro atoms. The summed E-state index contributed by atoms with van der Waals surface area (Å²) in [6.45, 7) is 5.49. The van der Waals surface area contributed by atoms with Crippen molar-refractivity contribution in [2.24, 2.45) is 5.92 Å². The van der Waals surface area contributed by atoms with Gasteiger partial charge in [0.15, 0.2) is 11.6 Å². The number of carbonyl (C=O) groups is 2. The number of aromatic nitrogens is 1. The third kappa shape index (κ3) is 3.79. The number of carbonyl (C=O) groups excluding carboxylic acids is 1. The Morgan fingerprint density at radius 1 is 1.17 bits per heavy atom. The molecule has 30 heavy (non-hydrogen) atoms. The van der Waals surface area contributed by atoms with Crippen molar-refractivity contribution in [1.29, 1.82) is 0 Å². The fourth-order valence-corrected chi connectivity index (χ4v) is 3.93. The van der Waals surface area contributed by atoms with Gasteiger partial charge in [0.2, 0.25) is 0 Å². The monoisotopic (exact) mass is 431 g/mol. The molecule has 0 radical (unpaired) electrons. The van der Waals surface area contributed by atoms with Gasteiger partial charge in [-0.15, -0.1) is 0 Å². The van der Waals surface area contributed by atoms with E-state index in [0.29, 0.717) is 16.3 Å². The molecular formula is C23H23ClFNO4. The number of aromatic hydroxyl groups is 1. The highest BCUT2D eigenvalue weighted by Gasteiger charge is 2.32. The maximum absolute atomic E-state index is 15.0. The lowest BCUT2D eigenvalue weighted by Crippen LogP contribution is -2.18. The number of phenols is 1. The number of carboxylic acid groups (broad SMARTS) is 1. The lowest BCUT2D eigenvalue weighted by Gasteiger charge is -2.18. The number of carboxylic acids is 1. The summed E-state index contributed by atoms with van der Waals surface area (Å²) in [5, 5.41) is 20.3. The largest absolute Gasteiger partial charge is 0.505 e. The minimum Gasteiger partial charge on any atom is -0.505 e. The summed E-state index contributed by atoms with van der Waals surface area (Å²) in [6.07, 6.45) is 1.05. The number of phenolic OH excluding ortho intramolecular Hbond substituents is 1. The van der Waals surface area contributed by atoms with Crippen molar-refractivity contribution < 1.29 is 24.2 Å². The molecule has 0 bridgehead atoms. The Morgan fingerprint density at radius 3 is 2.37 bits per heavy atom. The molecular weight excluding hydrogens is 409 g/mol. The maximum atomic E-state index is 15.0. The molecule has 0 aliphatic heterocycles. The smallest absolute Gasteiger partial charge is 0.311 e. The van der Waals surface area contributed by atoms with E-state index in [9.17, 15) is 19.8 Å². The van der Waals surface area contributed by atoms with Crippen molar-refractivity contribution in [2.45, 2.75) is 39.5 Å². The third-order valence-electron chi connectivity index (χ3n) is 5.61. The second-order valence-electron chi connectivity index (χ2n) is 7.58. The van der Waals surface area contributed by atoms with Crippen LogP contribution in [0.2, 0.25) is 5.02 Å². The molecule has 0 saturated heterocycles. The van der Waals surface area contributed by atoms with Crippen LogP contribution < -0.4 is 0 Å². The first-order chi connectivity index (χ1) is 14.2. The molecule has 0 amide bonds. The topological polar surface area (TPSA) is 79.5 Å². The maximum Gasteiger partial charge on any atom is 0.311 e. The molecule has 5 nitrogen and oxygen atoms in total. The van der Waals surface area contributed by atoms with E-state index in [2.05, 4.69) is 0 Å². The third-order valence-corrected chi connectivity index (χ3v) is 5.86. The van der Waals surface area contributed by atoms with Crippen LogP contribution in [0.15, 0.2) is 36.4 Å². The van der Waals surface area contributed by atoms with Gasteiger partial charge in [-0.25, -0.2) is 4.39 Å². The highest BCUT2D eigenvalue weighted by atomic mass is 35.5. The molecule has 0 aliphatic rings. The second kappa shape index (κ2) is 8.48. The minimum atomic E-state index is -1.10. The summed E-state index contributed by atoms with van der Waals surface area (Å²) in [7, 11) is 0. The van der Waals surface area contributed by atoms with Gasteiger partial charge in [-0.2, -0.15) is 0 Å². The van der Waals surface area contributed by atoms with E-state index >= 15 is 4.39 Å². The average molecular weight is 432 g/mol. The Labute approximate surface area is 178 Å². The van der Waals surface area contributed by atoms with E-state index in [-0.39, 0.29) is 28.8 Å². The molecule has 0 saturated carbocycles.